The van der Waals surface area contributed by atoms with Crippen molar-refractivity contribution in [2.24, 2.45) is 11.8 Å². The molecule has 1 fully saturated rings. The Hall–Kier alpha value is -1.58. The highest BCUT2D eigenvalue weighted by Crippen LogP contribution is 2.24. The summed E-state index contributed by atoms with van der Waals surface area (Å²) in [5, 5.41) is 3.16. The van der Waals surface area contributed by atoms with Gasteiger partial charge in [0.15, 0.2) is 0 Å². The first-order valence-electron chi connectivity index (χ1n) is 7.10. The Morgan fingerprint density at radius 2 is 2.11 bits per heavy atom. The standard InChI is InChI=1S/C15H23N3O/c1-4-16-14-13(6-5-7-17-14)15(19)18-9-11(2)8-12(3)10-18/h5-7,11-12H,4,8-10H2,1-3H3,(H,16,17). The molecule has 19 heavy (non-hydrogen) atoms. The quantitative estimate of drug-likeness (QED) is 0.909. The van der Waals surface area contributed by atoms with Gasteiger partial charge in [-0.05, 0) is 37.3 Å². The van der Waals surface area contributed by atoms with Crippen LogP contribution in [0.5, 0.6) is 0 Å². The van der Waals surface area contributed by atoms with Gasteiger partial charge in [0.1, 0.15) is 5.82 Å². The summed E-state index contributed by atoms with van der Waals surface area (Å²) in [6.07, 6.45) is 2.92. The van der Waals surface area contributed by atoms with E-state index in [0.29, 0.717) is 23.2 Å². The van der Waals surface area contributed by atoms with E-state index in [0.717, 1.165) is 19.6 Å². The van der Waals surface area contributed by atoms with Gasteiger partial charge in [0, 0.05) is 25.8 Å². The highest BCUT2D eigenvalue weighted by atomic mass is 16.2. The van der Waals surface area contributed by atoms with E-state index >= 15 is 0 Å². The van der Waals surface area contributed by atoms with Crippen molar-refractivity contribution in [3.05, 3.63) is 23.9 Å². The topological polar surface area (TPSA) is 45.2 Å². The van der Waals surface area contributed by atoms with Crippen LogP contribution in [0.1, 0.15) is 37.6 Å². The molecule has 1 saturated heterocycles. The first kappa shape index (κ1) is 13.8. The van der Waals surface area contributed by atoms with Gasteiger partial charge in [-0.2, -0.15) is 0 Å². The Morgan fingerprint density at radius 3 is 2.74 bits per heavy atom. The number of nitrogens with zero attached hydrogens (tertiary/aromatic N) is 2. The van der Waals surface area contributed by atoms with Crippen molar-refractivity contribution < 1.29 is 4.79 Å². The van der Waals surface area contributed by atoms with Gasteiger partial charge in [-0.1, -0.05) is 13.8 Å². The van der Waals surface area contributed by atoms with E-state index in [1.165, 1.54) is 6.42 Å². The highest BCUT2D eigenvalue weighted by Gasteiger charge is 2.27. The number of hydrogen-bond donors (Lipinski definition) is 1. The number of piperidine rings is 1. The van der Waals surface area contributed by atoms with Crippen molar-refractivity contribution in [3.63, 3.8) is 0 Å². The fourth-order valence-electron chi connectivity index (χ4n) is 2.89. The molecule has 0 bridgehead atoms. The molecule has 4 heteroatoms. The van der Waals surface area contributed by atoms with Crippen molar-refractivity contribution >= 4 is 11.7 Å². The summed E-state index contributed by atoms with van der Waals surface area (Å²) in [4.78, 5) is 18.9. The zero-order valence-electron chi connectivity index (χ0n) is 12.0. The molecule has 2 atom stereocenters. The summed E-state index contributed by atoms with van der Waals surface area (Å²) in [6.45, 7) is 8.90. The molecular formula is C15H23N3O. The molecule has 2 unspecified atom stereocenters. The van der Waals surface area contributed by atoms with Crippen LogP contribution < -0.4 is 5.32 Å². The minimum Gasteiger partial charge on any atom is -0.370 e. The lowest BCUT2D eigenvalue weighted by Gasteiger charge is -2.35. The number of rotatable bonds is 3. The van der Waals surface area contributed by atoms with Crippen molar-refractivity contribution in [2.45, 2.75) is 27.2 Å². The lowest BCUT2D eigenvalue weighted by atomic mass is 9.91. The number of aromatic nitrogens is 1. The molecule has 0 aromatic carbocycles. The predicted molar refractivity (Wildman–Crippen MR) is 77.2 cm³/mol. The third-order valence-electron chi connectivity index (χ3n) is 3.54. The fourth-order valence-corrected chi connectivity index (χ4v) is 2.89. The number of carbonyl (C=O) groups is 1. The second-order valence-corrected chi connectivity index (χ2v) is 5.59. The van der Waals surface area contributed by atoms with Crippen LogP contribution in [0.4, 0.5) is 5.82 Å². The second kappa shape index (κ2) is 6.04. The summed E-state index contributed by atoms with van der Waals surface area (Å²) in [7, 11) is 0. The number of likely N-dealkylation sites (tertiary alicyclic amines) is 1. The minimum atomic E-state index is 0.0995. The van der Waals surface area contributed by atoms with Crippen molar-refractivity contribution in [2.75, 3.05) is 25.0 Å². The lowest BCUT2D eigenvalue weighted by molar-refractivity contribution is 0.0624. The van der Waals surface area contributed by atoms with Crippen LogP contribution in [0, 0.1) is 11.8 Å². The molecule has 104 valence electrons. The summed E-state index contributed by atoms with van der Waals surface area (Å²) < 4.78 is 0. The lowest BCUT2D eigenvalue weighted by Crippen LogP contribution is -2.42. The third-order valence-corrected chi connectivity index (χ3v) is 3.54. The monoisotopic (exact) mass is 261 g/mol. The van der Waals surface area contributed by atoms with Crippen LogP contribution in [0.25, 0.3) is 0 Å². The molecule has 0 radical (unpaired) electrons. The number of pyridine rings is 1. The molecule has 0 aliphatic carbocycles. The maximum atomic E-state index is 12.6. The average Bonchev–Trinajstić information content (AvgIpc) is 2.38. The van der Waals surface area contributed by atoms with E-state index in [2.05, 4.69) is 24.1 Å². The largest absolute Gasteiger partial charge is 0.370 e. The van der Waals surface area contributed by atoms with Crippen molar-refractivity contribution in [3.8, 4) is 0 Å². The van der Waals surface area contributed by atoms with Crippen LogP contribution in [-0.4, -0.2) is 35.4 Å². The second-order valence-electron chi connectivity index (χ2n) is 5.59. The van der Waals surface area contributed by atoms with Crippen LogP contribution in [-0.2, 0) is 0 Å². The zero-order chi connectivity index (χ0) is 13.8. The average molecular weight is 261 g/mol. The van der Waals surface area contributed by atoms with Crippen LogP contribution in [0.15, 0.2) is 18.3 Å². The molecule has 0 saturated carbocycles. The van der Waals surface area contributed by atoms with Gasteiger partial charge in [0.25, 0.3) is 5.91 Å². The summed E-state index contributed by atoms with van der Waals surface area (Å²) in [6, 6.07) is 3.68. The maximum Gasteiger partial charge on any atom is 0.257 e. The smallest absolute Gasteiger partial charge is 0.257 e. The van der Waals surface area contributed by atoms with E-state index in [4.69, 9.17) is 0 Å². The molecule has 1 aromatic rings. The van der Waals surface area contributed by atoms with Crippen LogP contribution >= 0.6 is 0 Å². The van der Waals surface area contributed by atoms with Crippen LogP contribution in [0.2, 0.25) is 0 Å². The number of carbonyl (C=O) groups excluding carboxylic acids is 1. The van der Waals surface area contributed by atoms with E-state index in [-0.39, 0.29) is 5.91 Å². The van der Waals surface area contributed by atoms with Gasteiger partial charge in [-0.25, -0.2) is 4.98 Å². The molecule has 1 amide bonds. The first-order valence-corrected chi connectivity index (χ1v) is 7.10. The van der Waals surface area contributed by atoms with E-state index < -0.39 is 0 Å². The number of anilines is 1. The number of amides is 1. The Morgan fingerprint density at radius 1 is 1.42 bits per heavy atom. The molecule has 2 rings (SSSR count). The molecule has 0 spiro atoms. The van der Waals surface area contributed by atoms with Gasteiger partial charge < -0.3 is 10.2 Å². The van der Waals surface area contributed by atoms with E-state index in [1.54, 1.807) is 6.20 Å². The fraction of sp³-hybridized carbons (Fsp3) is 0.600. The van der Waals surface area contributed by atoms with E-state index in [1.807, 2.05) is 24.0 Å². The van der Waals surface area contributed by atoms with Gasteiger partial charge >= 0.3 is 0 Å². The van der Waals surface area contributed by atoms with Gasteiger partial charge in [-0.15, -0.1) is 0 Å². The molecule has 1 aliphatic heterocycles. The Labute approximate surface area is 115 Å². The summed E-state index contributed by atoms with van der Waals surface area (Å²) >= 11 is 0. The number of nitrogens with one attached hydrogen (secondary N) is 1. The maximum absolute atomic E-state index is 12.6. The molecule has 1 N–H and O–H groups in total. The molecule has 1 aliphatic rings. The predicted octanol–water partition coefficient (Wildman–Crippen LogP) is 2.63. The number of hydrogen-bond acceptors (Lipinski definition) is 3. The summed E-state index contributed by atoms with van der Waals surface area (Å²) in [5.74, 6) is 1.95. The molecule has 4 nitrogen and oxygen atoms in total. The highest BCUT2D eigenvalue weighted by molar-refractivity contribution is 5.98. The van der Waals surface area contributed by atoms with Crippen LogP contribution in [0.3, 0.4) is 0 Å². The third kappa shape index (κ3) is 3.25. The van der Waals surface area contributed by atoms with Gasteiger partial charge in [0.2, 0.25) is 0 Å². The minimum absolute atomic E-state index is 0.0995. The molecular weight excluding hydrogens is 238 g/mol. The molecule has 1 aromatic heterocycles. The van der Waals surface area contributed by atoms with Crippen molar-refractivity contribution in [1.82, 2.24) is 9.88 Å². The molecule has 2 heterocycles. The van der Waals surface area contributed by atoms with Crippen molar-refractivity contribution in [1.29, 1.82) is 0 Å². The van der Waals surface area contributed by atoms with Gasteiger partial charge in [-0.3, -0.25) is 4.79 Å². The zero-order valence-corrected chi connectivity index (χ0v) is 12.0. The Balaban J connectivity index is 2.19. The Bertz CT molecular complexity index is 437. The van der Waals surface area contributed by atoms with E-state index in [9.17, 15) is 4.79 Å². The first-order chi connectivity index (χ1) is 9.11. The summed E-state index contributed by atoms with van der Waals surface area (Å²) in [5.41, 5.74) is 0.686. The SMILES string of the molecule is CCNc1ncccc1C(=O)N1CC(C)CC(C)C1. The normalized spacial score (nSPS) is 23.2. The Kier molecular flexibility index (Phi) is 4.40. The van der Waals surface area contributed by atoms with Gasteiger partial charge in [0.05, 0.1) is 5.56 Å².